The first kappa shape index (κ1) is 34.3. The lowest BCUT2D eigenvalue weighted by Crippen LogP contribution is -2.12. The van der Waals surface area contributed by atoms with Crippen molar-refractivity contribution in [3.8, 4) is 0 Å². The first-order chi connectivity index (χ1) is 17.2. The SMILES string of the molecule is CC(=O)CCC(=O)CCC(=O)CCC(=O)CCC(=O)CCC(=O)CCC(=O)CCC(=O)CCS(=O)(=O)O. The fourth-order valence-corrected chi connectivity index (χ4v) is 3.59. The van der Waals surface area contributed by atoms with Gasteiger partial charge in [-0.2, -0.15) is 8.42 Å². The highest BCUT2D eigenvalue weighted by molar-refractivity contribution is 7.85. The van der Waals surface area contributed by atoms with Crippen LogP contribution in [0.3, 0.4) is 0 Å². The summed E-state index contributed by atoms with van der Waals surface area (Å²) in [5.41, 5.74) is 0. The van der Waals surface area contributed by atoms with Gasteiger partial charge in [-0.25, -0.2) is 0 Å². The van der Waals surface area contributed by atoms with Gasteiger partial charge in [0.05, 0.1) is 5.75 Å². The minimum absolute atomic E-state index is 0.0118. The molecule has 0 atom stereocenters. The van der Waals surface area contributed by atoms with E-state index in [-0.39, 0.29) is 130 Å². The molecule has 12 heteroatoms. The number of rotatable bonds is 24. The molecule has 0 saturated carbocycles. The van der Waals surface area contributed by atoms with E-state index in [4.69, 9.17) is 4.55 Å². The van der Waals surface area contributed by atoms with Crippen molar-refractivity contribution in [3.05, 3.63) is 0 Å². The van der Waals surface area contributed by atoms with Gasteiger partial charge in [-0.05, 0) is 6.92 Å². The van der Waals surface area contributed by atoms with E-state index in [1.165, 1.54) is 6.92 Å². The van der Waals surface area contributed by atoms with E-state index in [0.717, 1.165) is 0 Å². The summed E-state index contributed by atoms with van der Waals surface area (Å²) in [4.78, 5) is 93.2. The van der Waals surface area contributed by atoms with Crippen molar-refractivity contribution in [2.45, 2.75) is 103 Å². The molecule has 0 aromatic carbocycles. The monoisotopic (exact) mass is 544 g/mol. The molecular weight excluding hydrogens is 508 g/mol. The van der Waals surface area contributed by atoms with E-state index < -0.39 is 28.1 Å². The number of hydrogen-bond donors (Lipinski definition) is 1. The van der Waals surface area contributed by atoms with Gasteiger partial charge in [-0.1, -0.05) is 0 Å². The van der Waals surface area contributed by atoms with Gasteiger partial charge in [0.1, 0.15) is 46.3 Å². The van der Waals surface area contributed by atoms with Crippen LogP contribution in [-0.4, -0.2) is 65.0 Å². The number of hydrogen-bond acceptors (Lipinski definition) is 10. The maximum Gasteiger partial charge on any atom is 0.265 e. The molecule has 0 aromatic heterocycles. The van der Waals surface area contributed by atoms with Crippen LogP contribution in [0.25, 0.3) is 0 Å². The highest BCUT2D eigenvalue weighted by Gasteiger charge is 2.15. The lowest BCUT2D eigenvalue weighted by atomic mass is 10.00. The van der Waals surface area contributed by atoms with Gasteiger partial charge >= 0.3 is 0 Å². The van der Waals surface area contributed by atoms with Crippen molar-refractivity contribution in [3.63, 3.8) is 0 Å². The van der Waals surface area contributed by atoms with Crippen LogP contribution in [0.1, 0.15) is 103 Å². The Labute approximate surface area is 216 Å². The number of carbonyl (C=O) groups is 8. The molecule has 37 heavy (non-hydrogen) atoms. The average Bonchev–Trinajstić information content (AvgIpc) is 2.82. The van der Waals surface area contributed by atoms with Crippen molar-refractivity contribution in [2.75, 3.05) is 5.75 Å². The summed E-state index contributed by atoms with van der Waals surface area (Å²) in [5.74, 6) is -2.93. The second-order valence-electron chi connectivity index (χ2n) is 9.01. The van der Waals surface area contributed by atoms with Crippen molar-refractivity contribution in [1.82, 2.24) is 0 Å². The molecule has 0 spiro atoms. The summed E-state index contributed by atoms with van der Waals surface area (Å²) < 4.78 is 29.8. The molecule has 0 unspecified atom stereocenters. The Morgan fingerprint density at radius 1 is 0.405 bits per heavy atom. The van der Waals surface area contributed by atoms with Crippen molar-refractivity contribution in [1.29, 1.82) is 0 Å². The van der Waals surface area contributed by atoms with Gasteiger partial charge < -0.3 is 4.79 Å². The van der Waals surface area contributed by atoms with Gasteiger partial charge in [0.25, 0.3) is 10.1 Å². The third kappa shape index (κ3) is 22.2. The van der Waals surface area contributed by atoms with Gasteiger partial charge in [-0.3, -0.25) is 38.1 Å². The summed E-state index contributed by atoms with van der Waals surface area (Å²) in [6.07, 6.45) is -0.939. The lowest BCUT2D eigenvalue weighted by Gasteiger charge is -2.03. The molecule has 0 rings (SSSR count). The molecule has 0 radical (unpaired) electrons. The van der Waals surface area contributed by atoms with Crippen molar-refractivity contribution in [2.24, 2.45) is 0 Å². The third-order valence-electron chi connectivity index (χ3n) is 5.49. The molecule has 11 nitrogen and oxygen atoms in total. The van der Waals surface area contributed by atoms with Gasteiger partial charge in [-0.15, -0.1) is 0 Å². The molecule has 0 aliphatic rings. The van der Waals surface area contributed by atoms with Crippen LogP contribution in [0.15, 0.2) is 0 Å². The predicted molar refractivity (Wildman–Crippen MR) is 131 cm³/mol. The first-order valence-electron chi connectivity index (χ1n) is 12.2. The minimum atomic E-state index is -4.25. The quantitative estimate of drug-likeness (QED) is 0.175. The summed E-state index contributed by atoms with van der Waals surface area (Å²) in [6, 6.07) is 0. The molecule has 0 heterocycles. The van der Waals surface area contributed by atoms with Gasteiger partial charge in [0.2, 0.25) is 0 Å². The molecule has 0 aromatic rings. The van der Waals surface area contributed by atoms with E-state index in [9.17, 15) is 46.8 Å². The summed E-state index contributed by atoms with van der Waals surface area (Å²) >= 11 is 0. The second kappa shape index (κ2) is 18.5. The van der Waals surface area contributed by atoms with Crippen molar-refractivity contribution < 1.29 is 51.3 Å². The summed E-state index contributed by atoms with van der Waals surface area (Å²) in [7, 11) is -4.25. The predicted octanol–water partition coefficient (Wildman–Crippen LogP) is 2.30. The Balaban J connectivity index is 3.95. The van der Waals surface area contributed by atoms with E-state index in [1.54, 1.807) is 0 Å². The summed E-state index contributed by atoms with van der Waals surface area (Å²) in [6.45, 7) is 1.38. The fourth-order valence-electron chi connectivity index (χ4n) is 3.11. The standard InChI is InChI=1S/C25H36O11S/c1-18(26)2-3-19(27)4-5-20(28)6-7-21(29)8-9-22(30)10-11-23(31)12-13-24(32)14-15-25(33)16-17-37(34,35)36/h2-17H2,1H3,(H,34,35,36). The normalized spacial score (nSPS) is 11.1. The van der Waals surface area contributed by atoms with Crippen LogP contribution < -0.4 is 0 Å². The highest BCUT2D eigenvalue weighted by atomic mass is 32.2. The van der Waals surface area contributed by atoms with Crippen LogP contribution in [0.2, 0.25) is 0 Å². The maximum absolute atomic E-state index is 11.9. The number of carbonyl (C=O) groups excluding carboxylic acids is 8. The third-order valence-corrected chi connectivity index (χ3v) is 6.21. The van der Waals surface area contributed by atoms with Gasteiger partial charge in [0, 0.05) is 96.3 Å². The fraction of sp³-hybridized carbons (Fsp3) is 0.680. The molecule has 0 amide bonds. The minimum Gasteiger partial charge on any atom is -0.300 e. The zero-order valence-corrected chi connectivity index (χ0v) is 22.1. The van der Waals surface area contributed by atoms with Crippen LogP contribution in [0.4, 0.5) is 0 Å². The Morgan fingerprint density at radius 3 is 0.784 bits per heavy atom. The van der Waals surface area contributed by atoms with Crippen LogP contribution >= 0.6 is 0 Å². The smallest absolute Gasteiger partial charge is 0.265 e. The molecule has 0 aliphatic carbocycles. The first-order valence-corrected chi connectivity index (χ1v) is 13.9. The molecule has 0 bridgehead atoms. The lowest BCUT2D eigenvalue weighted by molar-refractivity contribution is -0.128. The van der Waals surface area contributed by atoms with E-state index in [2.05, 4.69) is 0 Å². The van der Waals surface area contributed by atoms with Crippen LogP contribution in [-0.2, 0) is 48.5 Å². The maximum atomic E-state index is 11.9. The highest BCUT2D eigenvalue weighted by Crippen LogP contribution is 2.09. The molecule has 1 N–H and O–H groups in total. The molecule has 0 aliphatic heterocycles. The molecule has 0 saturated heterocycles. The zero-order chi connectivity index (χ0) is 28.4. The van der Waals surface area contributed by atoms with Gasteiger partial charge in [0.15, 0.2) is 0 Å². The molecule has 208 valence electrons. The van der Waals surface area contributed by atoms with E-state index in [1.807, 2.05) is 0 Å². The Kier molecular flexibility index (Phi) is 17.1. The molecular formula is C25H36O11S. The molecule has 0 fully saturated rings. The van der Waals surface area contributed by atoms with E-state index >= 15 is 0 Å². The largest absolute Gasteiger partial charge is 0.300 e. The topological polar surface area (TPSA) is 191 Å². The average molecular weight is 545 g/mol. The number of ketones is 8. The van der Waals surface area contributed by atoms with Crippen LogP contribution in [0, 0.1) is 0 Å². The Morgan fingerprint density at radius 2 is 0.595 bits per heavy atom. The Bertz CT molecular complexity index is 977. The van der Waals surface area contributed by atoms with Crippen LogP contribution in [0.5, 0.6) is 0 Å². The van der Waals surface area contributed by atoms with Crippen molar-refractivity contribution >= 4 is 56.4 Å². The second-order valence-corrected chi connectivity index (χ2v) is 10.6. The Hall–Kier alpha value is -2.73. The zero-order valence-electron chi connectivity index (χ0n) is 21.3. The van der Waals surface area contributed by atoms with E-state index in [0.29, 0.717) is 0 Å². The summed E-state index contributed by atoms with van der Waals surface area (Å²) in [5, 5.41) is 0. The number of Topliss-reactive ketones (excluding diaryl/α,β-unsaturated/α-hetero) is 8.